The summed E-state index contributed by atoms with van der Waals surface area (Å²) in [6.07, 6.45) is 1.60. The van der Waals surface area contributed by atoms with Crippen LogP contribution in [0, 0.1) is 6.92 Å². The summed E-state index contributed by atoms with van der Waals surface area (Å²) in [6, 6.07) is 7.71. The molecule has 1 saturated heterocycles. The average Bonchev–Trinajstić information content (AvgIpc) is 3.07. The first-order chi connectivity index (χ1) is 11.7. The lowest BCUT2D eigenvalue weighted by Crippen LogP contribution is -2.44. The summed E-state index contributed by atoms with van der Waals surface area (Å²) in [4.78, 5) is 18.9. The SMILES string of the molecule is Cc1nc(C2CN(C(=O)C3=Cc4ccccc4OC3)CCO2)n[nH]1. The Balaban J connectivity index is 1.51. The van der Waals surface area contributed by atoms with Gasteiger partial charge in [-0.05, 0) is 19.1 Å². The first kappa shape index (κ1) is 14.9. The van der Waals surface area contributed by atoms with Crippen LogP contribution in [-0.4, -0.2) is 52.3 Å². The molecule has 7 heteroatoms. The van der Waals surface area contributed by atoms with Gasteiger partial charge in [-0.25, -0.2) is 4.98 Å². The maximum atomic E-state index is 12.8. The fraction of sp³-hybridized carbons (Fsp3) is 0.353. The van der Waals surface area contributed by atoms with Gasteiger partial charge in [-0.15, -0.1) is 0 Å². The van der Waals surface area contributed by atoms with E-state index in [2.05, 4.69) is 15.2 Å². The average molecular weight is 326 g/mol. The molecular formula is C17H18N4O3. The highest BCUT2D eigenvalue weighted by molar-refractivity contribution is 5.99. The molecule has 0 radical (unpaired) electrons. The highest BCUT2D eigenvalue weighted by Crippen LogP contribution is 2.27. The highest BCUT2D eigenvalue weighted by atomic mass is 16.5. The molecule has 0 bridgehead atoms. The fourth-order valence-corrected chi connectivity index (χ4v) is 2.94. The minimum atomic E-state index is -0.301. The number of amides is 1. The maximum absolute atomic E-state index is 12.8. The van der Waals surface area contributed by atoms with Gasteiger partial charge in [0.05, 0.1) is 18.7 Å². The second-order valence-corrected chi connectivity index (χ2v) is 5.89. The molecule has 2 aliphatic rings. The third kappa shape index (κ3) is 2.78. The van der Waals surface area contributed by atoms with Crippen LogP contribution in [0.3, 0.4) is 0 Å². The largest absolute Gasteiger partial charge is 0.488 e. The lowest BCUT2D eigenvalue weighted by molar-refractivity contribution is -0.135. The Hall–Kier alpha value is -2.67. The summed E-state index contributed by atoms with van der Waals surface area (Å²) >= 11 is 0. The Morgan fingerprint density at radius 1 is 1.38 bits per heavy atom. The molecule has 24 heavy (non-hydrogen) atoms. The van der Waals surface area contributed by atoms with E-state index >= 15 is 0 Å². The van der Waals surface area contributed by atoms with Gasteiger partial charge < -0.3 is 14.4 Å². The minimum absolute atomic E-state index is 0.0231. The van der Waals surface area contributed by atoms with E-state index in [1.165, 1.54) is 0 Å². The van der Waals surface area contributed by atoms with Crippen LogP contribution in [0.25, 0.3) is 6.08 Å². The van der Waals surface area contributed by atoms with Crippen molar-refractivity contribution in [3.05, 3.63) is 47.1 Å². The number of hydrogen-bond acceptors (Lipinski definition) is 5. The van der Waals surface area contributed by atoms with E-state index in [0.717, 1.165) is 17.1 Å². The van der Waals surface area contributed by atoms with E-state index in [1.807, 2.05) is 37.3 Å². The molecule has 3 heterocycles. The quantitative estimate of drug-likeness (QED) is 0.904. The number of para-hydroxylation sites is 1. The third-order valence-electron chi connectivity index (χ3n) is 4.16. The van der Waals surface area contributed by atoms with E-state index in [-0.39, 0.29) is 18.6 Å². The molecule has 1 aromatic heterocycles. The second kappa shape index (κ2) is 6.09. The second-order valence-electron chi connectivity index (χ2n) is 5.89. The van der Waals surface area contributed by atoms with Crippen molar-refractivity contribution in [2.75, 3.05) is 26.3 Å². The van der Waals surface area contributed by atoms with Gasteiger partial charge >= 0.3 is 0 Å². The number of ether oxygens (including phenoxy) is 2. The van der Waals surface area contributed by atoms with Crippen LogP contribution >= 0.6 is 0 Å². The Bertz CT molecular complexity index is 799. The van der Waals surface area contributed by atoms with Crippen LogP contribution in [0.5, 0.6) is 5.75 Å². The maximum Gasteiger partial charge on any atom is 0.253 e. The van der Waals surface area contributed by atoms with Crippen LogP contribution in [-0.2, 0) is 9.53 Å². The van der Waals surface area contributed by atoms with Crippen molar-refractivity contribution in [3.63, 3.8) is 0 Å². The molecule has 4 rings (SSSR count). The summed E-state index contributed by atoms with van der Waals surface area (Å²) in [7, 11) is 0. The number of H-pyrrole nitrogens is 1. The monoisotopic (exact) mass is 326 g/mol. The van der Waals surface area contributed by atoms with Crippen molar-refractivity contribution in [2.45, 2.75) is 13.0 Å². The van der Waals surface area contributed by atoms with Crippen molar-refractivity contribution >= 4 is 12.0 Å². The molecule has 1 amide bonds. The number of benzene rings is 1. The lowest BCUT2D eigenvalue weighted by atomic mass is 10.1. The third-order valence-corrected chi connectivity index (χ3v) is 4.16. The van der Waals surface area contributed by atoms with Gasteiger partial charge in [0.1, 0.15) is 24.3 Å². The number of rotatable bonds is 2. The topological polar surface area (TPSA) is 80.3 Å². The molecule has 1 atom stereocenters. The fourth-order valence-electron chi connectivity index (χ4n) is 2.94. The van der Waals surface area contributed by atoms with E-state index in [1.54, 1.807) is 4.90 Å². The van der Waals surface area contributed by atoms with Gasteiger partial charge in [-0.2, -0.15) is 5.10 Å². The smallest absolute Gasteiger partial charge is 0.253 e. The number of carbonyl (C=O) groups is 1. The molecule has 0 aliphatic carbocycles. The van der Waals surface area contributed by atoms with Crippen LogP contribution in [0.15, 0.2) is 29.8 Å². The first-order valence-electron chi connectivity index (χ1n) is 7.93. The Labute approximate surface area is 139 Å². The minimum Gasteiger partial charge on any atom is -0.488 e. The van der Waals surface area contributed by atoms with Crippen LogP contribution in [0.4, 0.5) is 0 Å². The van der Waals surface area contributed by atoms with Gasteiger partial charge in [0.15, 0.2) is 5.82 Å². The summed E-state index contributed by atoms with van der Waals surface area (Å²) in [6.45, 7) is 3.59. The van der Waals surface area contributed by atoms with Gasteiger partial charge in [0.2, 0.25) is 0 Å². The number of aromatic amines is 1. The van der Waals surface area contributed by atoms with E-state index in [9.17, 15) is 4.79 Å². The van der Waals surface area contributed by atoms with Gasteiger partial charge in [-0.1, -0.05) is 18.2 Å². The normalized spacial score (nSPS) is 20.1. The number of nitrogens with one attached hydrogen (secondary N) is 1. The molecule has 1 unspecified atom stereocenters. The predicted molar refractivity (Wildman–Crippen MR) is 86.3 cm³/mol. The summed E-state index contributed by atoms with van der Waals surface area (Å²) in [5.74, 6) is 2.11. The molecule has 0 saturated carbocycles. The van der Waals surface area contributed by atoms with Crippen LogP contribution < -0.4 is 4.74 Å². The molecule has 1 aromatic carbocycles. The number of fused-ring (bicyclic) bond motifs is 1. The zero-order chi connectivity index (χ0) is 16.5. The van der Waals surface area contributed by atoms with Gasteiger partial charge in [-0.3, -0.25) is 9.89 Å². The van der Waals surface area contributed by atoms with Gasteiger partial charge in [0.25, 0.3) is 5.91 Å². The zero-order valence-electron chi connectivity index (χ0n) is 13.4. The number of aryl methyl sites for hydroxylation is 1. The standard InChI is InChI=1S/C17H18N4O3/c1-11-18-16(20-19-11)15-9-21(6-7-23-15)17(22)13-8-12-4-2-3-5-14(12)24-10-13/h2-5,8,15H,6-7,9-10H2,1H3,(H,18,19,20). The number of hydrogen-bond donors (Lipinski definition) is 1. The zero-order valence-corrected chi connectivity index (χ0v) is 13.4. The summed E-state index contributed by atoms with van der Waals surface area (Å²) in [5.41, 5.74) is 1.59. The molecule has 2 aromatic rings. The summed E-state index contributed by atoms with van der Waals surface area (Å²) in [5, 5.41) is 6.95. The highest BCUT2D eigenvalue weighted by Gasteiger charge is 2.30. The van der Waals surface area contributed by atoms with E-state index in [4.69, 9.17) is 9.47 Å². The molecule has 7 nitrogen and oxygen atoms in total. The van der Waals surface area contributed by atoms with E-state index in [0.29, 0.717) is 31.1 Å². The molecule has 0 spiro atoms. The number of carbonyl (C=O) groups excluding carboxylic acids is 1. The summed E-state index contributed by atoms with van der Waals surface area (Å²) < 4.78 is 11.4. The van der Waals surface area contributed by atoms with Crippen LogP contribution in [0.1, 0.15) is 23.3 Å². The first-order valence-corrected chi connectivity index (χ1v) is 7.93. The number of aromatic nitrogens is 3. The number of nitrogens with zero attached hydrogens (tertiary/aromatic N) is 3. The molecule has 1 N–H and O–H groups in total. The Kier molecular flexibility index (Phi) is 3.78. The molecule has 124 valence electrons. The van der Waals surface area contributed by atoms with E-state index < -0.39 is 0 Å². The molecular weight excluding hydrogens is 308 g/mol. The Morgan fingerprint density at radius 3 is 3.08 bits per heavy atom. The van der Waals surface area contributed by atoms with Crippen LogP contribution in [0.2, 0.25) is 0 Å². The Morgan fingerprint density at radius 2 is 2.25 bits per heavy atom. The van der Waals surface area contributed by atoms with Crippen molar-refractivity contribution in [2.24, 2.45) is 0 Å². The lowest BCUT2D eigenvalue weighted by Gasteiger charge is -2.32. The van der Waals surface area contributed by atoms with Gasteiger partial charge in [0, 0.05) is 12.1 Å². The molecule has 2 aliphatic heterocycles. The van der Waals surface area contributed by atoms with Crippen molar-refractivity contribution in [1.82, 2.24) is 20.1 Å². The van der Waals surface area contributed by atoms with Crippen molar-refractivity contribution < 1.29 is 14.3 Å². The van der Waals surface area contributed by atoms with Crippen molar-refractivity contribution in [1.29, 1.82) is 0 Å². The predicted octanol–water partition coefficient (Wildman–Crippen LogP) is 1.49. The van der Waals surface area contributed by atoms with Crippen molar-refractivity contribution in [3.8, 4) is 5.75 Å². The number of morpholine rings is 1. The molecule has 1 fully saturated rings.